The Morgan fingerprint density at radius 3 is 1.90 bits per heavy atom. The second-order valence-corrected chi connectivity index (χ2v) is 9.69. The van der Waals surface area contributed by atoms with Gasteiger partial charge in [0, 0.05) is 5.56 Å². The molecule has 0 aromatic heterocycles. The van der Waals surface area contributed by atoms with Crippen LogP contribution in [0.2, 0.25) is 0 Å². The summed E-state index contributed by atoms with van der Waals surface area (Å²) >= 11 is 0. The minimum absolute atomic E-state index is 0.0588. The van der Waals surface area contributed by atoms with E-state index in [0.29, 0.717) is 17.6 Å². The van der Waals surface area contributed by atoms with Gasteiger partial charge in [0.2, 0.25) is 0 Å². The number of ether oxygens (including phenoxy) is 4. The zero-order valence-electron chi connectivity index (χ0n) is 15.3. The molecule has 12 nitrogen and oxygen atoms in total. The lowest BCUT2D eigenvalue weighted by Gasteiger charge is -2.28. The maximum atomic E-state index is 11.1. The molecule has 1 aromatic rings. The van der Waals surface area contributed by atoms with Crippen molar-refractivity contribution < 1.29 is 57.6 Å². The molecule has 0 aliphatic heterocycles. The molecule has 0 unspecified atom stereocenters. The van der Waals surface area contributed by atoms with Crippen LogP contribution in [0, 0.1) is 0 Å². The van der Waals surface area contributed by atoms with Gasteiger partial charge in [-0.3, -0.25) is 13.9 Å². The highest BCUT2D eigenvalue weighted by atomic mass is 31.2. The van der Waals surface area contributed by atoms with Crippen LogP contribution in [-0.4, -0.2) is 82.3 Å². The van der Waals surface area contributed by atoms with Gasteiger partial charge in [0.25, 0.3) is 5.08 Å². The molecule has 5 N–H and O–H groups in total. The monoisotopic (exact) mass is 458 g/mol. The summed E-state index contributed by atoms with van der Waals surface area (Å²) in [5.74, 6) is 0.539. The van der Waals surface area contributed by atoms with Crippen molar-refractivity contribution in [2.45, 2.75) is 5.08 Å². The molecule has 14 heteroatoms. The van der Waals surface area contributed by atoms with E-state index in [1.54, 1.807) is 24.3 Å². The largest absolute Gasteiger partial charge is 0.491 e. The number of aliphatic hydroxyl groups is 1. The van der Waals surface area contributed by atoms with E-state index < -0.39 is 26.9 Å². The Morgan fingerprint density at radius 1 is 0.862 bits per heavy atom. The minimum atomic E-state index is -5.54. The third-order valence-corrected chi connectivity index (χ3v) is 7.15. The lowest BCUT2D eigenvalue weighted by atomic mass is 10.2. The van der Waals surface area contributed by atoms with Gasteiger partial charge < -0.3 is 43.6 Å². The molecule has 0 fully saturated rings. The molecule has 0 atom stereocenters. The van der Waals surface area contributed by atoms with Crippen LogP contribution in [-0.2, 0) is 23.3 Å². The first-order chi connectivity index (χ1) is 13.5. The van der Waals surface area contributed by atoms with Gasteiger partial charge in [-0.15, -0.1) is 0 Å². The zero-order valence-corrected chi connectivity index (χ0v) is 17.1. The third-order valence-electron chi connectivity index (χ3n) is 3.46. The van der Waals surface area contributed by atoms with Gasteiger partial charge in [-0.05, 0) is 12.1 Å². The van der Waals surface area contributed by atoms with Gasteiger partial charge in [-0.1, -0.05) is 12.1 Å². The average Bonchev–Trinajstić information content (AvgIpc) is 2.64. The van der Waals surface area contributed by atoms with Crippen molar-refractivity contribution in [2.24, 2.45) is 0 Å². The molecular weight excluding hydrogens is 434 g/mol. The number of hydrogen-bond acceptors (Lipinski definition) is 8. The Morgan fingerprint density at radius 2 is 1.38 bits per heavy atom. The van der Waals surface area contributed by atoms with Gasteiger partial charge in [-0.2, -0.15) is 0 Å². The van der Waals surface area contributed by atoms with Crippen LogP contribution in [0.4, 0.5) is 0 Å². The number of benzene rings is 1. The molecule has 0 saturated heterocycles. The highest BCUT2D eigenvalue weighted by Crippen LogP contribution is 2.67. The Kier molecular flexibility index (Phi) is 10.6. The lowest BCUT2D eigenvalue weighted by molar-refractivity contribution is -0.0154. The predicted octanol–water partition coefficient (Wildman–Crippen LogP) is -0.0708. The first-order valence-corrected chi connectivity index (χ1v) is 11.5. The van der Waals surface area contributed by atoms with E-state index >= 15 is 0 Å². The van der Waals surface area contributed by atoms with Crippen LogP contribution in [0.5, 0.6) is 5.75 Å². The first kappa shape index (κ1) is 25.9. The molecular formula is C15H24O12P2. The van der Waals surface area contributed by atoms with E-state index in [1.807, 2.05) is 0 Å². The molecule has 0 amide bonds. The maximum absolute atomic E-state index is 11.1. The van der Waals surface area contributed by atoms with Crippen molar-refractivity contribution in [3.05, 3.63) is 29.8 Å². The van der Waals surface area contributed by atoms with Gasteiger partial charge in [0.1, 0.15) is 18.6 Å². The number of carbonyl (C=O) groups is 1. The van der Waals surface area contributed by atoms with Gasteiger partial charge >= 0.3 is 15.2 Å². The van der Waals surface area contributed by atoms with Crippen LogP contribution >= 0.6 is 15.2 Å². The Balaban J connectivity index is 2.10. The van der Waals surface area contributed by atoms with E-state index in [0.717, 1.165) is 0 Å². The smallest absolute Gasteiger partial charge is 0.371 e. The van der Waals surface area contributed by atoms with Gasteiger partial charge in [0.05, 0.1) is 39.6 Å². The predicted molar refractivity (Wildman–Crippen MR) is 98.8 cm³/mol. The fourth-order valence-electron chi connectivity index (χ4n) is 1.88. The molecule has 0 spiro atoms. The number of aldehydes is 1. The third kappa shape index (κ3) is 8.61. The van der Waals surface area contributed by atoms with Crippen molar-refractivity contribution in [1.29, 1.82) is 0 Å². The highest BCUT2D eigenvalue weighted by Gasteiger charge is 2.59. The second kappa shape index (κ2) is 11.9. The van der Waals surface area contributed by atoms with E-state index in [2.05, 4.69) is 0 Å². The van der Waals surface area contributed by atoms with Crippen molar-refractivity contribution in [2.75, 3.05) is 46.2 Å². The summed E-state index contributed by atoms with van der Waals surface area (Å²) in [5, 5.41) is 5.98. The summed E-state index contributed by atoms with van der Waals surface area (Å²) in [4.78, 5) is 46.4. The topological polar surface area (TPSA) is 189 Å². The van der Waals surface area contributed by atoms with Crippen LogP contribution in [0.15, 0.2) is 24.3 Å². The van der Waals surface area contributed by atoms with Crippen LogP contribution in [0.3, 0.4) is 0 Å². The summed E-state index contributed by atoms with van der Waals surface area (Å²) in [6.45, 7) is -0.686. The fraction of sp³-hybridized carbons (Fsp3) is 0.533. The molecule has 1 aromatic carbocycles. The molecule has 0 aliphatic carbocycles. The molecule has 0 radical (unpaired) electrons. The Hall–Kier alpha value is -1.17. The Labute approximate surface area is 166 Å². The van der Waals surface area contributed by atoms with Crippen LogP contribution in [0.25, 0.3) is 0 Å². The SMILES string of the molecule is O=Cc1cccc(OCCOCCOCCOCC(O)(P(=O)(O)O)P(=O)(O)O)c1. The number of rotatable bonds is 15. The quantitative estimate of drug-likeness (QED) is 0.134. The average molecular weight is 458 g/mol. The normalized spacial score (nSPS) is 12.7. The highest BCUT2D eigenvalue weighted by molar-refractivity contribution is 7.72. The molecule has 1 rings (SSSR count). The first-order valence-electron chi connectivity index (χ1n) is 8.26. The molecule has 0 heterocycles. The summed E-state index contributed by atoms with van der Waals surface area (Å²) in [6, 6.07) is 6.64. The van der Waals surface area contributed by atoms with Crippen molar-refractivity contribution in [1.82, 2.24) is 0 Å². The molecule has 29 heavy (non-hydrogen) atoms. The summed E-state index contributed by atoms with van der Waals surface area (Å²) in [6.07, 6.45) is 0.712. The lowest BCUT2D eigenvalue weighted by Crippen LogP contribution is -2.34. The number of hydrogen-bond donors (Lipinski definition) is 5. The summed E-state index contributed by atoms with van der Waals surface area (Å²) < 4.78 is 42.7. The molecule has 0 saturated carbocycles. The Bertz CT molecular complexity index is 706. The van der Waals surface area contributed by atoms with Crippen molar-refractivity contribution >= 4 is 21.5 Å². The molecule has 166 valence electrons. The van der Waals surface area contributed by atoms with Gasteiger partial charge in [-0.25, -0.2) is 0 Å². The van der Waals surface area contributed by atoms with Crippen LogP contribution in [0.1, 0.15) is 10.4 Å². The second-order valence-electron chi connectivity index (χ2n) is 5.68. The van der Waals surface area contributed by atoms with Crippen molar-refractivity contribution in [3.63, 3.8) is 0 Å². The zero-order chi connectivity index (χ0) is 22.0. The standard InChI is InChI=1S/C15H24O12P2/c16-11-13-2-1-3-14(10-13)27-9-8-25-5-4-24-6-7-26-12-15(17,28(18,19)20)29(21,22)23/h1-3,10-11,17H,4-9,12H2,(H2,18,19,20)(H2,21,22,23). The molecule has 0 aliphatic rings. The minimum Gasteiger partial charge on any atom is -0.491 e. The molecule has 0 bridgehead atoms. The van der Waals surface area contributed by atoms with Gasteiger partial charge in [0.15, 0.2) is 0 Å². The number of carbonyl (C=O) groups excluding carboxylic acids is 1. The summed E-state index contributed by atoms with van der Waals surface area (Å²) in [5.41, 5.74) is 0.499. The fourth-order valence-corrected chi connectivity index (χ4v) is 3.76. The van der Waals surface area contributed by atoms with Crippen molar-refractivity contribution in [3.8, 4) is 5.75 Å². The van der Waals surface area contributed by atoms with E-state index in [1.165, 1.54) is 0 Å². The summed E-state index contributed by atoms with van der Waals surface area (Å²) in [7, 11) is -11.1. The van der Waals surface area contributed by atoms with E-state index in [-0.39, 0.29) is 39.6 Å². The van der Waals surface area contributed by atoms with E-state index in [9.17, 15) is 19.0 Å². The van der Waals surface area contributed by atoms with E-state index in [4.69, 9.17) is 38.5 Å². The maximum Gasteiger partial charge on any atom is 0.371 e. The van der Waals surface area contributed by atoms with Crippen LogP contribution < -0.4 is 4.74 Å².